The molecule has 244 valence electrons. The van der Waals surface area contributed by atoms with Gasteiger partial charge in [0.05, 0.1) is 0 Å². The Hall–Kier alpha value is -6.87. The molecule has 0 aliphatic heterocycles. The summed E-state index contributed by atoms with van der Waals surface area (Å²) < 4.78 is 0. The number of aromatic nitrogens is 9. The molecule has 0 bridgehead atoms. The third-order valence-electron chi connectivity index (χ3n) is 8.24. The molecule has 0 saturated carbocycles. The van der Waals surface area contributed by atoms with Gasteiger partial charge in [0.15, 0.2) is 34.9 Å². The molecule has 3 aromatic heterocycles. The van der Waals surface area contributed by atoms with Crippen LogP contribution in [0.25, 0.3) is 79.5 Å². The van der Waals surface area contributed by atoms with Crippen LogP contribution in [0.5, 0.6) is 0 Å². The van der Waals surface area contributed by atoms with Crippen molar-refractivity contribution in [3.05, 3.63) is 151 Å². The average molecular weight is 662 g/mol. The van der Waals surface area contributed by atoms with E-state index in [1.54, 1.807) is 0 Å². The maximum absolute atomic E-state index is 5.02. The highest BCUT2D eigenvalue weighted by atomic mass is 15.0. The Morgan fingerprint density at radius 2 is 0.529 bits per heavy atom. The molecular formula is C42H31N9. The van der Waals surface area contributed by atoms with Crippen molar-refractivity contribution in [1.29, 1.82) is 0 Å². The molecule has 0 aliphatic carbocycles. The molecule has 0 fully saturated rings. The first-order chi connectivity index (χ1) is 24.9. The summed E-state index contributed by atoms with van der Waals surface area (Å²) >= 11 is 0. The van der Waals surface area contributed by atoms with E-state index in [1.165, 1.54) is 0 Å². The Balaban J connectivity index is 1.29. The van der Waals surface area contributed by atoms with Gasteiger partial charge >= 0.3 is 0 Å². The first-order valence-corrected chi connectivity index (χ1v) is 16.6. The first-order valence-electron chi connectivity index (χ1n) is 16.6. The van der Waals surface area contributed by atoms with E-state index in [0.717, 1.165) is 44.5 Å². The average Bonchev–Trinajstić information content (AvgIpc) is 3.18. The highest BCUT2D eigenvalue weighted by Crippen LogP contribution is 2.33. The molecule has 8 aromatic rings. The minimum absolute atomic E-state index is 0.536. The molecule has 0 aliphatic rings. The van der Waals surface area contributed by atoms with Crippen LogP contribution >= 0.6 is 0 Å². The fourth-order valence-corrected chi connectivity index (χ4v) is 5.90. The van der Waals surface area contributed by atoms with Gasteiger partial charge in [-0.3, -0.25) is 0 Å². The molecule has 0 amide bonds. The standard InChI is InChI=1S/C42H31N9/c1-26-43-27(2)45-39(44-26)32-20-13-21-33(22-32)40-46-28(3)47-41(51-40)35-23-34(29-14-7-4-8-15-29)24-36(25-35)42-49-37(30-16-9-5-10-17-30)48-38(50-42)31-18-11-6-12-19-31/h4-25H,1-3H3. The Morgan fingerprint density at radius 3 is 1.00 bits per heavy atom. The van der Waals surface area contributed by atoms with Crippen LogP contribution in [0.2, 0.25) is 0 Å². The third-order valence-corrected chi connectivity index (χ3v) is 8.24. The Labute approximate surface area is 295 Å². The second-order valence-corrected chi connectivity index (χ2v) is 12.1. The van der Waals surface area contributed by atoms with Crippen molar-refractivity contribution in [1.82, 2.24) is 44.9 Å². The lowest BCUT2D eigenvalue weighted by atomic mass is 9.98. The van der Waals surface area contributed by atoms with Crippen LogP contribution in [0, 0.1) is 20.8 Å². The molecule has 0 N–H and O–H groups in total. The Bertz CT molecular complexity index is 2430. The Morgan fingerprint density at radius 1 is 0.235 bits per heavy atom. The predicted molar refractivity (Wildman–Crippen MR) is 199 cm³/mol. The molecule has 8 rings (SSSR count). The summed E-state index contributed by atoms with van der Waals surface area (Å²) in [7, 11) is 0. The van der Waals surface area contributed by atoms with Crippen LogP contribution in [0.1, 0.15) is 17.5 Å². The molecule has 9 nitrogen and oxygen atoms in total. The van der Waals surface area contributed by atoms with Crippen molar-refractivity contribution in [3.8, 4) is 79.5 Å². The third kappa shape index (κ3) is 6.86. The van der Waals surface area contributed by atoms with Crippen LogP contribution < -0.4 is 0 Å². The van der Waals surface area contributed by atoms with Crippen molar-refractivity contribution in [2.75, 3.05) is 0 Å². The van der Waals surface area contributed by atoms with Crippen LogP contribution in [-0.4, -0.2) is 44.9 Å². The lowest BCUT2D eigenvalue weighted by Crippen LogP contribution is -2.02. The monoisotopic (exact) mass is 661 g/mol. The first kappa shape index (κ1) is 31.4. The zero-order valence-corrected chi connectivity index (χ0v) is 28.2. The predicted octanol–water partition coefficient (Wildman–Crippen LogP) is 8.84. The molecule has 0 spiro atoms. The van der Waals surface area contributed by atoms with E-state index in [4.69, 9.17) is 29.9 Å². The smallest absolute Gasteiger partial charge is 0.164 e. The maximum Gasteiger partial charge on any atom is 0.164 e. The van der Waals surface area contributed by atoms with E-state index >= 15 is 0 Å². The van der Waals surface area contributed by atoms with Gasteiger partial charge in [-0.25, -0.2) is 44.9 Å². The molecule has 9 heteroatoms. The summed E-state index contributed by atoms with van der Waals surface area (Å²) in [6, 6.07) is 44.3. The topological polar surface area (TPSA) is 116 Å². The molecule has 3 heterocycles. The highest BCUT2D eigenvalue weighted by molar-refractivity contribution is 5.79. The van der Waals surface area contributed by atoms with Gasteiger partial charge in [-0.1, -0.05) is 109 Å². The lowest BCUT2D eigenvalue weighted by Gasteiger charge is -2.12. The maximum atomic E-state index is 5.02. The molecule has 0 radical (unpaired) electrons. The quantitative estimate of drug-likeness (QED) is 0.165. The van der Waals surface area contributed by atoms with Gasteiger partial charge in [0, 0.05) is 33.4 Å². The van der Waals surface area contributed by atoms with E-state index in [1.807, 2.05) is 130 Å². The van der Waals surface area contributed by atoms with E-state index < -0.39 is 0 Å². The minimum Gasteiger partial charge on any atom is -0.219 e. The van der Waals surface area contributed by atoms with Gasteiger partial charge in [-0.05, 0) is 56.2 Å². The van der Waals surface area contributed by atoms with E-state index in [9.17, 15) is 0 Å². The highest BCUT2D eigenvalue weighted by Gasteiger charge is 2.17. The fraction of sp³-hybridized carbons (Fsp3) is 0.0714. The van der Waals surface area contributed by atoms with Gasteiger partial charge in [-0.15, -0.1) is 0 Å². The molecule has 0 unspecified atom stereocenters. The number of nitrogens with zero attached hydrogens (tertiary/aromatic N) is 9. The Kier molecular flexibility index (Phi) is 8.35. The van der Waals surface area contributed by atoms with Gasteiger partial charge in [0.25, 0.3) is 0 Å². The van der Waals surface area contributed by atoms with Crippen LogP contribution in [0.4, 0.5) is 0 Å². The summed E-state index contributed by atoms with van der Waals surface area (Å²) in [5.41, 5.74) is 7.13. The summed E-state index contributed by atoms with van der Waals surface area (Å²) in [5, 5.41) is 0. The number of benzene rings is 5. The zero-order chi connectivity index (χ0) is 34.7. The van der Waals surface area contributed by atoms with Crippen molar-refractivity contribution < 1.29 is 0 Å². The molecule has 0 atom stereocenters. The number of rotatable bonds is 7. The van der Waals surface area contributed by atoms with E-state index in [-0.39, 0.29) is 0 Å². The molecule has 0 saturated heterocycles. The summed E-state index contributed by atoms with van der Waals surface area (Å²) in [6.07, 6.45) is 0. The van der Waals surface area contributed by atoms with Gasteiger partial charge in [0.1, 0.15) is 17.5 Å². The number of hydrogen-bond donors (Lipinski definition) is 0. The fourth-order valence-electron chi connectivity index (χ4n) is 5.90. The second kappa shape index (κ2) is 13.6. The van der Waals surface area contributed by atoms with Gasteiger partial charge in [-0.2, -0.15) is 0 Å². The van der Waals surface area contributed by atoms with Crippen molar-refractivity contribution in [2.45, 2.75) is 20.8 Å². The molecular weight excluding hydrogens is 631 g/mol. The minimum atomic E-state index is 0.536. The van der Waals surface area contributed by atoms with Crippen molar-refractivity contribution in [2.24, 2.45) is 0 Å². The summed E-state index contributed by atoms with van der Waals surface area (Å²) in [6.45, 7) is 5.61. The summed E-state index contributed by atoms with van der Waals surface area (Å²) in [5.74, 6) is 5.34. The van der Waals surface area contributed by atoms with E-state index in [0.29, 0.717) is 52.4 Å². The number of aryl methyl sites for hydroxylation is 3. The van der Waals surface area contributed by atoms with Gasteiger partial charge in [0.2, 0.25) is 0 Å². The molecule has 51 heavy (non-hydrogen) atoms. The van der Waals surface area contributed by atoms with Crippen LogP contribution in [0.3, 0.4) is 0 Å². The largest absolute Gasteiger partial charge is 0.219 e. The van der Waals surface area contributed by atoms with Crippen LogP contribution in [-0.2, 0) is 0 Å². The van der Waals surface area contributed by atoms with Crippen molar-refractivity contribution in [3.63, 3.8) is 0 Å². The van der Waals surface area contributed by atoms with Crippen molar-refractivity contribution >= 4 is 0 Å². The number of hydrogen-bond acceptors (Lipinski definition) is 9. The molecule has 5 aromatic carbocycles. The van der Waals surface area contributed by atoms with Gasteiger partial charge < -0.3 is 0 Å². The van der Waals surface area contributed by atoms with Crippen LogP contribution in [0.15, 0.2) is 133 Å². The zero-order valence-electron chi connectivity index (χ0n) is 28.2. The summed E-state index contributed by atoms with van der Waals surface area (Å²) in [4.78, 5) is 42.9. The normalized spacial score (nSPS) is 11.0. The SMILES string of the molecule is Cc1nc(C)nc(-c2cccc(-c3nc(C)nc(-c4cc(-c5ccccc5)cc(-c5nc(-c6ccccc6)nc(-c6ccccc6)n5)c4)n3)c2)n1. The van der Waals surface area contributed by atoms with E-state index in [2.05, 4.69) is 39.2 Å². The lowest BCUT2D eigenvalue weighted by molar-refractivity contribution is 0.928. The second-order valence-electron chi connectivity index (χ2n) is 12.1.